The van der Waals surface area contributed by atoms with E-state index >= 15 is 0 Å². The van der Waals surface area contributed by atoms with Crippen molar-refractivity contribution in [3.63, 3.8) is 0 Å². The van der Waals surface area contributed by atoms with Crippen LogP contribution in [-0.4, -0.2) is 22.3 Å². The molecule has 1 heterocycles. The van der Waals surface area contributed by atoms with Gasteiger partial charge in [0.15, 0.2) is 0 Å². The minimum Gasteiger partial charge on any atom is -0.357 e. The van der Waals surface area contributed by atoms with E-state index in [1.807, 2.05) is 12.1 Å². The topological polar surface area (TPSA) is 40.0 Å². The second-order valence-corrected chi connectivity index (χ2v) is 3.57. The molecule has 0 spiro atoms. The number of hydrogen-bond acceptors (Lipinski definition) is 2. The third kappa shape index (κ3) is 3.70. The van der Waals surface area contributed by atoms with Crippen molar-refractivity contribution < 1.29 is 0 Å². The SMILES string of the molecule is CCCC(=N)N(CC)Cc1ccncc1. The van der Waals surface area contributed by atoms with E-state index in [9.17, 15) is 0 Å². The molecule has 0 aliphatic rings. The van der Waals surface area contributed by atoms with Crippen molar-refractivity contribution in [2.45, 2.75) is 33.2 Å². The number of amidine groups is 1. The Morgan fingerprint density at radius 3 is 2.53 bits per heavy atom. The molecule has 0 radical (unpaired) electrons. The molecule has 82 valence electrons. The van der Waals surface area contributed by atoms with Gasteiger partial charge in [0.2, 0.25) is 0 Å². The quantitative estimate of drug-likeness (QED) is 0.593. The van der Waals surface area contributed by atoms with E-state index in [4.69, 9.17) is 5.41 Å². The molecule has 0 saturated heterocycles. The fourth-order valence-electron chi connectivity index (χ4n) is 1.50. The summed E-state index contributed by atoms with van der Waals surface area (Å²) in [5, 5.41) is 7.91. The Morgan fingerprint density at radius 2 is 2.00 bits per heavy atom. The van der Waals surface area contributed by atoms with Crippen LogP contribution >= 0.6 is 0 Å². The zero-order valence-electron chi connectivity index (χ0n) is 9.53. The van der Waals surface area contributed by atoms with Crippen LogP contribution in [0.15, 0.2) is 24.5 Å². The lowest BCUT2D eigenvalue weighted by atomic mass is 10.2. The summed E-state index contributed by atoms with van der Waals surface area (Å²) >= 11 is 0. The first-order chi connectivity index (χ1) is 7.27. The summed E-state index contributed by atoms with van der Waals surface area (Å²) in [7, 11) is 0. The zero-order chi connectivity index (χ0) is 11.1. The van der Waals surface area contributed by atoms with Gasteiger partial charge in [-0.1, -0.05) is 6.92 Å². The maximum absolute atomic E-state index is 7.91. The first-order valence-electron chi connectivity index (χ1n) is 5.49. The van der Waals surface area contributed by atoms with Crippen LogP contribution in [0.4, 0.5) is 0 Å². The predicted molar refractivity (Wildman–Crippen MR) is 63.0 cm³/mol. The molecule has 3 nitrogen and oxygen atoms in total. The molecule has 0 bridgehead atoms. The maximum atomic E-state index is 7.91. The smallest absolute Gasteiger partial charge is 0.0960 e. The van der Waals surface area contributed by atoms with Gasteiger partial charge in [0.25, 0.3) is 0 Å². The molecule has 0 saturated carbocycles. The Labute approximate surface area is 91.7 Å². The van der Waals surface area contributed by atoms with Gasteiger partial charge in [-0.05, 0) is 31.0 Å². The van der Waals surface area contributed by atoms with Gasteiger partial charge in [-0.3, -0.25) is 10.4 Å². The van der Waals surface area contributed by atoms with Gasteiger partial charge in [0, 0.05) is 31.9 Å². The maximum Gasteiger partial charge on any atom is 0.0960 e. The van der Waals surface area contributed by atoms with Gasteiger partial charge < -0.3 is 4.90 Å². The van der Waals surface area contributed by atoms with Crippen LogP contribution in [0.3, 0.4) is 0 Å². The number of nitrogens with one attached hydrogen (secondary N) is 1. The van der Waals surface area contributed by atoms with E-state index < -0.39 is 0 Å². The standard InChI is InChI=1S/C12H19N3/c1-3-5-12(13)15(4-2)10-11-6-8-14-9-7-11/h6-9,13H,3-5,10H2,1-2H3. The second-order valence-electron chi connectivity index (χ2n) is 3.57. The monoisotopic (exact) mass is 205 g/mol. The van der Waals surface area contributed by atoms with Crippen LogP contribution in [0.1, 0.15) is 32.3 Å². The van der Waals surface area contributed by atoms with Crippen LogP contribution in [0.2, 0.25) is 0 Å². The molecule has 0 amide bonds. The molecule has 1 aromatic heterocycles. The normalized spacial score (nSPS) is 10.0. The van der Waals surface area contributed by atoms with E-state index in [0.29, 0.717) is 0 Å². The van der Waals surface area contributed by atoms with Crippen molar-refractivity contribution in [1.29, 1.82) is 5.41 Å². The highest BCUT2D eigenvalue weighted by Gasteiger charge is 2.06. The summed E-state index contributed by atoms with van der Waals surface area (Å²) < 4.78 is 0. The second kappa shape index (κ2) is 6.17. The molecule has 3 heteroatoms. The van der Waals surface area contributed by atoms with Gasteiger partial charge in [-0.2, -0.15) is 0 Å². The molecule has 0 atom stereocenters. The summed E-state index contributed by atoms with van der Waals surface area (Å²) in [5.41, 5.74) is 1.22. The van der Waals surface area contributed by atoms with E-state index in [0.717, 1.165) is 31.8 Å². The third-order valence-electron chi connectivity index (χ3n) is 2.37. The Balaban J connectivity index is 2.58. The minimum absolute atomic E-state index is 0.733. The average molecular weight is 205 g/mol. The Bertz CT molecular complexity index is 295. The van der Waals surface area contributed by atoms with E-state index in [1.54, 1.807) is 12.4 Å². The molecule has 0 aromatic carbocycles. The van der Waals surface area contributed by atoms with Gasteiger partial charge in [0.1, 0.15) is 0 Å². The largest absolute Gasteiger partial charge is 0.357 e. The average Bonchev–Trinajstić information content (AvgIpc) is 2.27. The van der Waals surface area contributed by atoms with Crippen molar-refractivity contribution in [1.82, 2.24) is 9.88 Å². The summed E-state index contributed by atoms with van der Waals surface area (Å²) in [4.78, 5) is 6.08. The van der Waals surface area contributed by atoms with Crippen LogP contribution in [-0.2, 0) is 6.54 Å². The van der Waals surface area contributed by atoms with Crippen molar-refractivity contribution in [2.75, 3.05) is 6.54 Å². The first kappa shape index (κ1) is 11.7. The fourth-order valence-corrected chi connectivity index (χ4v) is 1.50. The van der Waals surface area contributed by atoms with Crippen molar-refractivity contribution >= 4 is 5.84 Å². The highest BCUT2D eigenvalue weighted by atomic mass is 15.2. The molecule has 0 aliphatic carbocycles. The van der Waals surface area contributed by atoms with Gasteiger partial charge in [-0.15, -0.1) is 0 Å². The molecule has 0 aliphatic heterocycles. The molecule has 15 heavy (non-hydrogen) atoms. The van der Waals surface area contributed by atoms with Crippen LogP contribution in [0.25, 0.3) is 0 Å². The van der Waals surface area contributed by atoms with E-state index in [2.05, 4.69) is 23.7 Å². The lowest BCUT2D eigenvalue weighted by Gasteiger charge is -2.23. The molecule has 1 rings (SSSR count). The Hall–Kier alpha value is -1.38. The lowest BCUT2D eigenvalue weighted by Crippen LogP contribution is -2.29. The van der Waals surface area contributed by atoms with Crippen molar-refractivity contribution in [3.8, 4) is 0 Å². The van der Waals surface area contributed by atoms with Crippen LogP contribution in [0, 0.1) is 5.41 Å². The molecular formula is C12H19N3. The van der Waals surface area contributed by atoms with Gasteiger partial charge >= 0.3 is 0 Å². The Morgan fingerprint density at radius 1 is 1.33 bits per heavy atom. The number of rotatable bonds is 5. The molecular weight excluding hydrogens is 186 g/mol. The van der Waals surface area contributed by atoms with E-state index in [1.165, 1.54) is 5.56 Å². The minimum atomic E-state index is 0.733. The molecule has 0 unspecified atom stereocenters. The first-order valence-corrected chi connectivity index (χ1v) is 5.49. The van der Waals surface area contributed by atoms with Crippen molar-refractivity contribution in [3.05, 3.63) is 30.1 Å². The lowest BCUT2D eigenvalue weighted by molar-refractivity contribution is 0.421. The summed E-state index contributed by atoms with van der Waals surface area (Å²) in [6.07, 6.45) is 5.49. The van der Waals surface area contributed by atoms with E-state index in [-0.39, 0.29) is 0 Å². The summed E-state index contributed by atoms with van der Waals surface area (Å²) in [5.74, 6) is 0.733. The molecule has 1 N–H and O–H groups in total. The highest BCUT2D eigenvalue weighted by Crippen LogP contribution is 2.05. The molecule has 1 aromatic rings. The van der Waals surface area contributed by atoms with Crippen LogP contribution < -0.4 is 0 Å². The Kier molecular flexibility index (Phi) is 4.81. The summed E-state index contributed by atoms with van der Waals surface area (Å²) in [6.45, 7) is 5.90. The van der Waals surface area contributed by atoms with Gasteiger partial charge in [0.05, 0.1) is 5.84 Å². The summed E-state index contributed by atoms with van der Waals surface area (Å²) in [6, 6.07) is 4.00. The van der Waals surface area contributed by atoms with Crippen molar-refractivity contribution in [2.24, 2.45) is 0 Å². The molecule has 0 fully saturated rings. The number of nitrogens with zero attached hydrogens (tertiary/aromatic N) is 2. The number of pyridine rings is 1. The fraction of sp³-hybridized carbons (Fsp3) is 0.500. The predicted octanol–water partition coefficient (Wildman–Crippen LogP) is 2.68. The third-order valence-corrected chi connectivity index (χ3v) is 2.37. The number of aromatic nitrogens is 1. The van der Waals surface area contributed by atoms with Gasteiger partial charge in [-0.25, -0.2) is 0 Å². The highest BCUT2D eigenvalue weighted by molar-refractivity contribution is 5.78. The number of hydrogen-bond donors (Lipinski definition) is 1. The van der Waals surface area contributed by atoms with Crippen LogP contribution in [0.5, 0.6) is 0 Å². The zero-order valence-corrected chi connectivity index (χ0v) is 9.53.